The van der Waals surface area contributed by atoms with E-state index in [1.54, 1.807) is 6.26 Å². The van der Waals surface area contributed by atoms with E-state index >= 15 is 0 Å². The van der Waals surface area contributed by atoms with Crippen LogP contribution in [-0.4, -0.2) is 16.6 Å². The number of pyridine rings is 1. The Morgan fingerprint density at radius 3 is 2.82 bits per heavy atom. The van der Waals surface area contributed by atoms with Crippen molar-refractivity contribution in [3.63, 3.8) is 0 Å². The lowest BCUT2D eigenvalue weighted by Gasteiger charge is -2.26. The summed E-state index contributed by atoms with van der Waals surface area (Å²) in [5, 5.41) is 4.09. The van der Waals surface area contributed by atoms with Crippen molar-refractivity contribution >= 4 is 28.6 Å². The highest BCUT2D eigenvalue weighted by atomic mass is 32.2. The Kier molecular flexibility index (Phi) is 4.37. The van der Waals surface area contributed by atoms with Crippen molar-refractivity contribution in [2.75, 3.05) is 5.75 Å². The third-order valence-corrected chi connectivity index (χ3v) is 6.12. The molecule has 2 aromatic carbocycles. The van der Waals surface area contributed by atoms with Crippen molar-refractivity contribution in [2.24, 2.45) is 0 Å². The van der Waals surface area contributed by atoms with Crippen LogP contribution in [-0.2, 0) is 0 Å². The van der Waals surface area contributed by atoms with Crippen LogP contribution in [0.5, 0.6) is 0 Å². The minimum absolute atomic E-state index is 0.0175. The Balaban J connectivity index is 1.55. The summed E-state index contributed by atoms with van der Waals surface area (Å²) >= 11 is 1.84. The van der Waals surface area contributed by atoms with E-state index in [1.165, 1.54) is 10.5 Å². The Morgan fingerprint density at radius 1 is 1.07 bits per heavy atom. The van der Waals surface area contributed by atoms with E-state index in [4.69, 9.17) is 4.42 Å². The average Bonchev–Trinajstić information content (AvgIpc) is 3.28. The molecule has 4 nitrogen and oxygen atoms in total. The number of fused-ring (bicyclic) bond motifs is 2. The maximum atomic E-state index is 13.3. The van der Waals surface area contributed by atoms with Crippen LogP contribution in [0.15, 0.2) is 82.3 Å². The Bertz CT molecular complexity index is 1150. The van der Waals surface area contributed by atoms with Crippen LogP contribution in [0.4, 0.5) is 0 Å². The van der Waals surface area contributed by atoms with E-state index < -0.39 is 0 Å². The molecule has 3 heterocycles. The van der Waals surface area contributed by atoms with Gasteiger partial charge in [0, 0.05) is 16.0 Å². The zero-order valence-electron chi connectivity index (χ0n) is 15.1. The van der Waals surface area contributed by atoms with Gasteiger partial charge < -0.3 is 9.73 Å². The number of thioether (sulfide) groups is 1. The first kappa shape index (κ1) is 17.1. The molecular formula is C23H18N2O2S. The first-order valence-electron chi connectivity index (χ1n) is 9.26. The quantitative estimate of drug-likeness (QED) is 0.508. The van der Waals surface area contributed by atoms with Gasteiger partial charge in [-0.15, -0.1) is 11.8 Å². The maximum absolute atomic E-state index is 13.3. The average molecular weight is 386 g/mol. The summed E-state index contributed by atoms with van der Waals surface area (Å²) in [5.74, 6) is 1.56. The SMILES string of the molecule is O=C(NC1CCSc2ccccc21)c1cc(-c2ccco2)nc2ccccc12. The van der Waals surface area contributed by atoms with Gasteiger partial charge in [0.2, 0.25) is 0 Å². The summed E-state index contributed by atoms with van der Waals surface area (Å²) in [4.78, 5) is 19.2. The number of aromatic nitrogens is 1. The van der Waals surface area contributed by atoms with E-state index in [0.717, 1.165) is 23.1 Å². The number of nitrogens with zero attached hydrogens (tertiary/aromatic N) is 1. The van der Waals surface area contributed by atoms with Crippen LogP contribution in [0.25, 0.3) is 22.4 Å². The number of hydrogen-bond donors (Lipinski definition) is 1. The molecule has 1 N–H and O–H groups in total. The van der Waals surface area contributed by atoms with Crippen molar-refractivity contribution in [2.45, 2.75) is 17.4 Å². The topological polar surface area (TPSA) is 55.1 Å². The van der Waals surface area contributed by atoms with Gasteiger partial charge in [0.1, 0.15) is 5.69 Å². The van der Waals surface area contributed by atoms with Gasteiger partial charge in [-0.25, -0.2) is 4.98 Å². The first-order chi connectivity index (χ1) is 13.8. The van der Waals surface area contributed by atoms with E-state index in [2.05, 4.69) is 22.4 Å². The highest BCUT2D eigenvalue weighted by molar-refractivity contribution is 7.99. The summed E-state index contributed by atoms with van der Waals surface area (Å²) in [7, 11) is 0. The maximum Gasteiger partial charge on any atom is 0.252 e. The van der Waals surface area contributed by atoms with Gasteiger partial charge in [-0.2, -0.15) is 0 Å². The predicted octanol–water partition coefficient (Wildman–Crippen LogP) is 5.46. The molecule has 0 saturated carbocycles. The fraction of sp³-hybridized carbons (Fsp3) is 0.130. The lowest BCUT2D eigenvalue weighted by molar-refractivity contribution is 0.0936. The number of benzene rings is 2. The van der Waals surface area contributed by atoms with E-state index in [-0.39, 0.29) is 11.9 Å². The van der Waals surface area contributed by atoms with Gasteiger partial charge in [0.15, 0.2) is 5.76 Å². The second-order valence-electron chi connectivity index (χ2n) is 6.75. The highest BCUT2D eigenvalue weighted by Crippen LogP contribution is 2.36. The molecule has 5 rings (SSSR count). The van der Waals surface area contributed by atoms with Crippen molar-refractivity contribution in [1.82, 2.24) is 10.3 Å². The second-order valence-corrected chi connectivity index (χ2v) is 7.89. The van der Waals surface area contributed by atoms with Crippen LogP contribution < -0.4 is 5.32 Å². The summed E-state index contributed by atoms with van der Waals surface area (Å²) in [5.41, 5.74) is 3.25. The fourth-order valence-electron chi connectivity index (χ4n) is 3.64. The molecule has 138 valence electrons. The van der Waals surface area contributed by atoms with Crippen LogP contribution in [0.1, 0.15) is 28.4 Å². The Morgan fingerprint density at radius 2 is 1.93 bits per heavy atom. The molecule has 28 heavy (non-hydrogen) atoms. The largest absolute Gasteiger partial charge is 0.463 e. The van der Waals surface area contributed by atoms with Crippen molar-refractivity contribution in [3.05, 3.63) is 84.1 Å². The summed E-state index contributed by atoms with van der Waals surface area (Å²) in [6, 6.07) is 21.5. The van der Waals surface area contributed by atoms with Gasteiger partial charge in [-0.3, -0.25) is 4.79 Å². The normalized spacial score (nSPS) is 15.9. The minimum Gasteiger partial charge on any atom is -0.463 e. The molecule has 0 saturated heterocycles. The molecule has 0 aliphatic carbocycles. The molecular weight excluding hydrogens is 368 g/mol. The number of para-hydroxylation sites is 1. The molecule has 1 unspecified atom stereocenters. The molecule has 5 heteroatoms. The van der Waals surface area contributed by atoms with Crippen molar-refractivity contribution in [1.29, 1.82) is 0 Å². The third kappa shape index (κ3) is 3.08. The molecule has 1 aliphatic rings. The zero-order chi connectivity index (χ0) is 18.9. The lowest BCUT2D eigenvalue weighted by Crippen LogP contribution is -2.30. The van der Waals surface area contributed by atoms with E-state index in [0.29, 0.717) is 17.0 Å². The first-order valence-corrected chi connectivity index (χ1v) is 10.2. The number of hydrogen-bond acceptors (Lipinski definition) is 4. The van der Waals surface area contributed by atoms with Crippen molar-refractivity contribution in [3.8, 4) is 11.5 Å². The highest BCUT2D eigenvalue weighted by Gasteiger charge is 2.24. The molecule has 1 amide bonds. The van der Waals surface area contributed by atoms with E-state index in [9.17, 15) is 4.79 Å². The van der Waals surface area contributed by atoms with Crippen LogP contribution >= 0.6 is 11.8 Å². The zero-order valence-corrected chi connectivity index (χ0v) is 15.9. The summed E-state index contributed by atoms with van der Waals surface area (Å²) in [6.07, 6.45) is 2.53. The fourth-order valence-corrected chi connectivity index (χ4v) is 4.77. The van der Waals surface area contributed by atoms with E-state index in [1.807, 2.05) is 66.4 Å². The van der Waals surface area contributed by atoms with Gasteiger partial charge >= 0.3 is 0 Å². The standard InChI is InChI=1S/C23H18N2O2S/c26-23(25-19-11-13-28-22-10-4-2-7-16(19)22)17-14-20(21-9-5-12-27-21)24-18-8-3-1-6-15(17)18/h1-10,12,14,19H,11,13H2,(H,25,26). The number of nitrogens with one attached hydrogen (secondary N) is 1. The second kappa shape index (κ2) is 7.17. The minimum atomic E-state index is -0.0851. The van der Waals surface area contributed by atoms with Gasteiger partial charge in [-0.1, -0.05) is 36.4 Å². The molecule has 1 atom stereocenters. The molecule has 0 radical (unpaired) electrons. The van der Waals surface area contributed by atoms with Crippen LogP contribution in [0, 0.1) is 0 Å². The van der Waals surface area contributed by atoms with Gasteiger partial charge in [0.05, 0.1) is 23.4 Å². The van der Waals surface area contributed by atoms with Gasteiger partial charge in [-0.05, 0) is 42.3 Å². The summed E-state index contributed by atoms with van der Waals surface area (Å²) in [6.45, 7) is 0. The monoisotopic (exact) mass is 386 g/mol. The van der Waals surface area contributed by atoms with Gasteiger partial charge in [0.25, 0.3) is 5.91 Å². The Hall–Kier alpha value is -3.05. The smallest absolute Gasteiger partial charge is 0.252 e. The number of amides is 1. The molecule has 1 aliphatic heterocycles. The number of rotatable bonds is 3. The molecule has 4 aromatic rings. The molecule has 2 aromatic heterocycles. The molecule has 0 bridgehead atoms. The summed E-state index contributed by atoms with van der Waals surface area (Å²) < 4.78 is 5.50. The van der Waals surface area contributed by atoms with Crippen molar-refractivity contribution < 1.29 is 9.21 Å². The Labute approximate surface area is 167 Å². The lowest BCUT2D eigenvalue weighted by atomic mass is 10.0. The number of carbonyl (C=O) groups is 1. The third-order valence-electron chi connectivity index (χ3n) is 5.00. The number of carbonyl (C=O) groups excluding carboxylic acids is 1. The molecule has 0 fully saturated rings. The van der Waals surface area contributed by atoms with Crippen LogP contribution in [0.2, 0.25) is 0 Å². The number of furan rings is 1. The van der Waals surface area contributed by atoms with Crippen LogP contribution in [0.3, 0.4) is 0 Å². The predicted molar refractivity (Wildman–Crippen MR) is 111 cm³/mol. The molecule has 0 spiro atoms.